The lowest BCUT2D eigenvalue weighted by Crippen LogP contribution is -2.10. The van der Waals surface area contributed by atoms with Crippen LogP contribution in [-0.4, -0.2) is 4.98 Å². The van der Waals surface area contributed by atoms with Crippen LogP contribution >= 0.6 is 0 Å². The number of hydrogen-bond donors (Lipinski definition) is 0. The summed E-state index contributed by atoms with van der Waals surface area (Å²) in [5.41, 5.74) is 24.1. The van der Waals surface area contributed by atoms with E-state index in [9.17, 15) is 0 Å². The zero-order valence-electron chi connectivity index (χ0n) is 37.0. The highest BCUT2D eigenvalue weighted by atomic mass is 15.1. The van der Waals surface area contributed by atoms with Gasteiger partial charge in [0.05, 0.1) is 11.9 Å². The van der Waals surface area contributed by atoms with E-state index in [0.717, 1.165) is 23.5 Å². The van der Waals surface area contributed by atoms with Crippen LogP contribution in [0.5, 0.6) is 0 Å². The van der Waals surface area contributed by atoms with Gasteiger partial charge in [-0.25, -0.2) is 0 Å². The number of nitrogens with zero attached hydrogens (tertiary/aromatic N) is 2. The largest absolute Gasteiger partial charge is 0.309 e. The molecule has 15 rings (SSSR count). The second-order valence-corrected chi connectivity index (χ2v) is 18.5. The lowest BCUT2D eigenvalue weighted by atomic mass is 9.89. The Morgan fingerprint density at radius 3 is 1.47 bits per heavy atom. The van der Waals surface area contributed by atoms with E-state index in [1.807, 2.05) is 18.5 Å². The Balaban J connectivity index is 0.859. The Morgan fingerprint density at radius 2 is 0.809 bits per heavy atom. The monoisotopic (exact) mass is 860 g/mol. The van der Waals surface area contributed by atoms with Crippen molar-refractivity contribution in [2.45, 2.75) is 6.42 Å². The van der Waals surface area contributed by atoms with Gasteiger partial charge in [0.1, 0.15) is 0 Å². The van der Waals surface area contributed by atoms with Gasteiger partial charge in [-0.2, -0.15) is 0 Å². The molecule has 0 fully saturated rings. The molecule has 1 heterocycles. The molecule has 0 unspecified atom stereocenters. The minimum absolute atomic E-state index is 0.904. The average molecular weight is 861 g/mol. The molecule has 2 heteroatoms. The van der Waals surface area contributed by atoms with Gasteiger partial charge < -0.3 is 4.90 Å². The highest BCUT2D eigenvalue weighted by Gasteiger charge is 2.31. The summed E-state index contributed by atoms with van der Waals surface area (Å²) in [6, 6.07) is 81.3. The highest BCUT2D eigenvalue weighted by Crippen LogP contribution is 2.56. The van der Waals surface area contributed by atoms with E-state index in [2.05, 4.69) is 222 Å². The maximum atomic E-state index is 4.64. The van der Waals surface area contributed by atoms with Crippen LogP contribution in [0.15, 0.2) is 231 Å². The number of rotatable bonds is 5. The number of hydrogen-bond acceptors (Lipinski definition) is 2. The molecule has 0 amide bonds. The van der Waals surface area contributed by atoms with Crippen LogP contribution in [-0.2, 0) is 6.42 Å². The predicted octanol–water partition coefficient (Wildman–Crippen LogP) is 17.6. The van der Waals surface area contributed by atoms with Crippen molar-refractivity contribution in [3.05, 3.63) is 253 Å². The number of pyridine rings is 1. The maximum absolute atomic E-state index is 4.64. The molecular formula is C66H40N2. The van der Waals surface area contributed by atoms with E-state index in [0.29, 0.717) is 0 Å². The van der Waals surface area contributed by atoms with Crippen molar-refractivity contribution < 1.29 is 0 Å². The van der Waals surface area contributed by atoms with Crippen molar-refractivity contribution in [2.75, 3.05) is 4.90 Å². The predicted molar refractivity (Wildman–Crippen MR) is 286 cm³/mol. The number of benzene rings is 11. The molecule has 68 heavy (non-hydrogen) atoms. The van der Waals surface area contributed by atoms with E-state index in [1.165, 1.54) is 132 Å². The van der Waals surface area contributed by atoms with Crippen molar-refractivity contribution in [1.29, 1.82) is 0 Å². The summed E-state index contributed by atoms with van der Waals surface area (Å²) in [5.74, 6) is 0. The van der Waals surface area contributed by atoms with Gasteiger partial charge in [-0.3, -0.25) is 4.98 Å². The summed E-state index contributed by atoms with van der Waals surface area (Å²) < 4.78 is 0. The smallest absolute Gasteiger partial charge is 0.0644 e. The molecule has 0 bridgehead atoms. The van der Waals surface area contributed by atoms with Gasteiger partial charge in [-0.1, -0.05) is 182 Å². The van der Waals surface area contributed by atoms with E-state index in [-0.39, 0.29) is 0 Å². The first-order chi connectivity index (χ1) is 33.8. The molecule has 11 aromatic carbocycles. The topological polar surface area (TPSA) is 16.1 Å². The van der Waals surface area contributed by atoms with Crippen molar-refractivity contribution in [1.82, 2.24) is 4.98 Å². The Morgan fingerprint density at radius 1 is 0.324 bits per heavy atom. The van der Waals surface area contributed by atoms with E-state index >= 15 is 0 Å². The van der Waals surface area contributed by atoms with E-state index in [1.54, 1.807) is 0 Å². The lowest BCUT2D eigenvalue weighted by molar-refractivity contribution is 1.23. The SMILES string of the molecule is c1cncc(N(c2cccc(-c3ccc4c5c(cccc35)C3=C4c4ccccc4-c4ccccc4C3)c2)c2cccc(-c3ccc4c5c(cccc35)-c3c-4c4ccccc4c4ccccc34)c2)c1. The van der Waals surface area contributed by atoms with Crippen LogP contribution in [0, 0.1) is 0 Å². The van der Waals surface area contributed by atoms with Crippen LogP contribution in [0.4, 0.5) is 17.1 Å². The molecular weight excluding hydrogens is 821 g/mol. The first kappa shape index (κ1) is 37.4. The lowest BCUT2D eigenvalue weighted by Gasteiger charge is -2.26. The molecule has 3 aliphatic rings. The van der Waals surface area contributed by atoms with Crippen molar-refractivity contribution in [3.63, 3.8) is 0 Å². The Hall–Kier alpha value is -8.85. The van der Waals surface area contributed by atoms with Gasteiger partial charge >= 0.3 is 0 Å². The Labute approximate surface area is 394 Å². The van der Waals surface area contributed by atoms with Gasteiger partial charge in [0.2, 0.25) is 0 Å². The third-order valence-corrected chi connectivity index (χ3v) is 15.1. The summed E-state index contributed by atoms with van der Waals surface area (Å²) in [4.78, 5) is 6.99. The fourth-order valence-electron chi connectivity index (χ4n) is 12.3. The molecule has 0 radical (unpaired) electrons. The summed E-state index contributed by atoms with van der Waals surface area (Å²) in [6.07, 6.45) is 4.73. The normalized spacial score (nSPS) is 12.9. The quantitative estimate of drug-likeness (QED) is 0.160. The zero-order chi connectivity index (χ0) is 44.5. The molecule has 314 valence electrons. The van der Waals surface area contributed by atoms with Crippen LogP contribution in [0.2, 0.25) is 0 Å². The molecule has 0 atom stereocenters. The van der Waals surface area contributed by atoms with E-state index < -0.39 is 0 Å². The van der Waals surface area contributed by atoms with Crippen molar-refractivity contribution >= 4 is 71.3 Å². The van der Waals surface area contributed by atoms with Gasteiger partial charge in [-0.05, 0) is 175 Å². The third kappa shape index (κ3) is 5.26. The van der Waals surface area contributed by atoms with Gasteiger partial charge in [0.25, 0.3) is 0 Å². The Bertz CT molecular complexity index is 4110. The van der Waals surface area contributed by atoms with Crippen LogP contribution in [0.1, 0.15) is 22.3 Å². The van der Waals surface area contributed by atoms with Crippen molar-refractivity contribution in [3.8, 4) is 55.6 Å². The van der Waals surface area contributed by atoms with Crippen molar-refractivity contribution in [2.24, 2.45) is 0 Å². The molecule has 0 saturated carbocycles. The van der Waals surface area contributed by atoms with E-state index in [4.69, 9.17) is 0 Å². The number of fused-ring (bicyclic) bond motifs is 14. The number of allylic oxidation sites excluding steroid dienone is 1. The van der Waals surface area contributed by atoms with Crippen LogP contribution in [0.3, 0.4) is 0 Å². The first-order valence-electron chi connectivity index (χ1n) is 23.6. The molecule has 0 N–H and O–H groups in total. The molecule has 0 aliphatic heterocycles. The summed E-state index contributed by atoms with van der Waals surface area (Å²) >= 11 is 0. The summed E-state index contributed by atoms with van der Waals surface area (Å²) in [5, 5.41) is 10.4. The molecule has 1 aromatic heterocycles. The maximum Gasteiger partial charge on any atom is 0.0644 e. The standard InChI is InChI=1S/C66H40N2/c1-2-20-46-42(14-1)38-61-57-29-11-27-52-47(31-33-59(62(52)57)64(61)54-24-6-3-21-49(46)54)40-15-9-17-43(36-40)68(45-19-13-35-67-39-45)44-18-10-16-41(37-44)48-32-34-60-63-53(48)28-12-30-58(63)65-55-25-7-4-22-50(55)51-23-5-8-26-56(51)66(60)65/h1-37,39H,38H2. The highest BCUT2D eigenvalue weighted by molar-refractivity contribution is 6.31. The summed E-state index contributed by atoms with van der Waals surface area (Å²) in [6.45, 7) is 0. The Kier molecular flexibility index (Phi) is 7.87. The van der Waals surface area contributed by atoms with Gasteiger partial charge in [-0.15, -0.1) is 0 Å². The molecule has 12 aromatic rings. The zero-order valence-corrected chi connectivity index (χ0v) is 37.0. The van der Waals surface area contributed by atoms with Gasteiger partial charge in [0, 0.05) is 17.6 Å². The molecule has 2 nitrogen and oxygen atoms in total. The molecule has 3 aliphatic carbocycles. The first-order valence-corrected chi connectivity index (χ1v) is 23.6. The van der Waals surface area contributed by atoms with Crippen LogP contribution in [0.25, 0.3) is 110 Å². The second kappa shape index (κ2) is 14.3. The number of anilines is 3. The number of aromatic nitrogens is 1. The second-order valence-electron chi connectivity index (χ2n) is 18.5. The summed E-state index contributed by atoms with van der Waals surface area (Å²) in [7, 11) is 0. The van der Waals surface area contributed by atoms with Gasteiger partial charge in [0.15, 0.2) is 0 Å². The minimum atomic E-state index is 0.904. The molecule has 0 saturated heterocycles. The fraction of sp³-hybridized carbons (Fsp3) is 0.0152. The minimum Gasteiger partial charge on any atom is -0.309 e. The molecule has 0 spiro atoms. The third-order valence-electron chi connectivity index (χ3n) is 15.1. The average Bonchev–Trinajstić information content (AvgIpc) is 3.86. The van der Waals surface area contributed by atoms with Crippen LogP contribution < -0.4 is 4.90 Å². The fourth-order valence-corrected chi connectivity index (χ4v) is 12.3.